The van der Waals surface area contributed by atoms with E-state index in [4.69, 9.17) is 4.74 Å². The summed E-state index contributed by atoms with van der Waals surface area (Å²) in [6.07, 6.45) is 2.74. The van der Waals surface area contributed by atoms with Crippen molar-refractivity contribution in [2.24, 2.45) is 0 Å². The van der Waals surface area contributed by atoms with E-state index in [-0.39, 0.29) is 5.82 Å². The molecule has 1 aromatic rings. The molecule has 100 valence electrons. The van der Waals surface area contributed by atoms with Crippen LogP contribution >= 0.6 is 0 Å². The minimum absolute atomic E-state index is 0.191. The third-order valence-corrected chi connectivity index (χ3v) is 3.29. The van der Waals surface area contributed by atoms with Crippen molar-refractivity contribution in [1.82, 2.24) is 5.32 Å². The van der Waals surface area contributed by atoms with Crippen LogP contribution in [0, 0.1) is 5.82 Å². The number of rotatable bonds is 6. The molecule has 1 fully saturated rings. The van der Waals surface area contributed by atoms with Crippen molar-refractivity contribution in [3.8, 4) is 0 Å². The molecule has 1 N–H and O–H groups in total. The van der Waals surface area contributed by atoms with Crippen LogP contribution in [0.15, 0.2) is 24.3 Å². The molecule has 0 aromatic heterocycles. The van der Waals surface area contributed by atoms with Gasteiger partial charge in [0.1, 0.15) is 5.82 Å². The summed E-state index contributed by atoms with van der Waals surface area (Å²) in [7, 11) is 2.01. The number of anilines is 1. The van der Waals surface area contributed by atoms with Gasteiger partial charge in [-0.25, -0.2) is 4.39 Å². The van der Waals surface area contributed by atoms with Crippen LogP contribution in [-0.2, 0) is 4.74 Å². The highest BCUT2D eigenvalue weighted by atomic mass is 19.1. The van der Waals surface area contributed by atoms with Crippen LogP contribution in [-0.4, -0.2) is 39.4 Å². The Labute approximate surface area is 108 Å². The molecule has 1 saturated heterocycles. The normalized spacial score (nSPS) is 19.1. The number of likely N-dealkylation sites (N-methyl/N-ethyl adjacent to an activating group) is 1. The van der Waals surface area contributed by atoms with Crippen molar-refractivity contribution in [2.45, 2.75) is 18.9 Å². The van der Waals surface area contributed by atoms with Gasteiger partial charge in [0.25, 0.3) is 0 Å². The summed E-state index contributed by atoms with van der Waals surface area (Å²) in [6.45, 7) is 3.64. The number of nitrogens with zero attached hydrogens (tertiary/aromatic N) is 1. The van der Waals surface area contributed by atoms with Crippen LogP contribution in [0.2, 0.25) is 0 Å². The maximum absolute atomic E-state index is 12.8. The number of halogens is 1. The van der Waals surface area contributed by atoms with Gasteiger partial charge in [-0.05, 0) is 37.1 Å². The largest absolute Gasteiger partial charge is 0.377 e. The van der Waals surface area contributed by atoms with E-state index in [1.54, 1.807) is 12.1 Å². The topological polar surface area (TPSA) is 24.5 Å². The zero-order valence-corrected chi connectivity index (χ0v) is 10.9. The van der Waals surface area contributed by atoms with Crippen molar-refractivity contribution >= 4 is 5.69 Å². The number of ether oxygens (including phenoxy) is 1. The number of hydrogen-bond donors (Lipinski definition) is 1. The van der Waals surface area contributed by atoms with Crippen molar-refractivity contribution in [1.29, 1.82) is 0 Å². The van der Waals surface area contributed by atoms with E-state index < -0.39 is 0 Å². The van der Waals surface area contributed by atoms with Crippen LogP contribution in [0.4, 0.5) is 10.1 Å². The lowest BCUT2D eigenvalue weighted by molar-refractivity contribution is 0.110. The average molecular weight is 252 g/mol. The van der Waals surface area contributed by atoms with E-state index in [0.717, 1.165) is 31.9 Å². The molecule has 3 nitrogen and oxygen atoms in total. The average Bonchev–Trinajstić information content (AvgIpc) is 2.88. The molecule has 0 amide bonds. The molecule has 1 heterocycles. The van der Waals surface area contributed by atoms with Crippen LogP contribution < -0.4 is 10.2 Å². The first-order valence-electron chi connectivity index (χ1n) is 6.55. The zero-order valence-electron chi connectivity index (χ0n) is 10.9. The summed E-state index contributed by atoms with van der Waals surface area (Å²) in [5.41, 5.74) is 1.04. The minimum Gasteiger partial charge on any atom is -0.377 e. The molecule has 1 aromatic carbocycles. The van der Waals surface area contributed by atoms with Gasteiger partial charge in [0.15, 0.2) is 0 Å². The molecule has 4 heteroatoms. The van der Waals surface area contributed by atoms with Gasteiger partial charge < -0.3 is 15.0 Å². The molecular formula is C14H21FN2O. The summed E-state index contributed by atoms with van der Waals surface area (Å²) < 4.78 is 18.3. The Morgan fingerprint density at radius 1 is 1.39 bits per heavy atom. The maximum atomic E-state index is 12.8. The van der Waals surface area contributed by atoms with Gasteiger partial charge in [-0.2, -0.15) is 0 Å². The fourth-order valence-electron chi connectivity index (χ4n) is 2.14. The number of hydrogen-bond acceptors (Lipinski definition) is 3. The summed E-state index contributed by atoms with van der Waals surface area (Å²) >= 11 is 0. The van der Waals surface area contributed by atoms with E-state index in [0.29, 0.717) is 6.10 Å². The fraction of sp³-hybridized carbons (Fsp3) is 0.571. The van der Waals surface area contributed by atoms with Crippen molar-refractivity contribution in [2.75, 3.05) is 38.2 Å². The molecule has 1 aliphatic heterocycles. The molecule has 18 heavy (non-hydrogen) atoms. The van der Waals surface area contributed by atoms with E-state index >= 15 is 0 Å². The summed E-state index contributed by atoms with van der Waals surface area (Å²) in [5, 5.41) is 3.40. The van der Waals surface area contributed by atoms with E-state index in [1.165, 1.54) is 25.0 Å². The lowest BCUT2D eigenvalue weighted by atomic mass is 10.2. The lowest BCUT2D eigenvalue weighted by Gasteiger charge is -2.20. The molecule has 0 bridgehead atoms. The van der Waals surface area contributed by atoms with Crippen molar-refractivity contribution < 1.29 is 9.13 Å². The number of benzene rings is 1. The second-order valence-electron chi connectivity index (χ2n) is 4.74. The zero-order chi connectivity index (χ0) is 12.8. The molecule has 1 atom stereocenters. The Kier molecular flexibility index (Phi) is 4.96. The molecule has 0 spiro atoms. The molecule has 0 aliphatic carbocycles. The summed E-state index contributed by atoms with van der Waals surface area (Å²) in [6, 6.07) is 6.59. The smallest absolute Gasteiger partial charge is 0.123 e. The first kappa shape index (κ1) is 13.3. The minimum atomic E-state index is -0.191. The number of nitrogens with one attached hydrogen (secondary N) is 1. The van der Waals surface area contributed by atoms with Crippen molar-refractivity contribution in [3.63, 3.8) is 0 Å². The van der Waals surface area contributed by atoms with Crippen LogP contribution in [0.5, 0.6) is 0 Å². The molecule has 1 aliphatic rings. The van der Waals surface area contributed by atoms with Gasteiger partial charge in [-0.15, -0.1) is 0 Å². The Bertz CT molecular complexity index is 349. The molecule has 1 unspecified atom stereocenters. The Balaban J connectivity index is 1.64. The van der Waals surface area contributed by atoms with E-state index in [1.807, 2.05) is 7.05 Å². The first-order valence-corrected chi connectivity index (χ1v) is 6.55. The van der Waals surface area contributed by atoms with Gasteiger partial charge in [-0.1, -0.05) is 0 Å². The van der Waals surface area contributed by atoms with Gasteiger partial charge in [-0.3, -0.25) is 0 Å². The quantitative estimate of drug-likeness (QED) is 0.784. The van der Waals surface area contributed by atoms with Gasteiger partial charge >= 0.3 is 0 Å². The Morgan fingerprint density at radius 2 is 2.17 bits per heavy atom. The van der Waals surface area contributed by atoms with Crippen LogP contribution in [0.25, 0.3) is 0 Å². The molecule has 2 rings (SSSR count). The van der Waals surface area contributed by atoms with Gasteiger partial charge in [0.2, 0.25) is 0 Å². The monoisotopic (exact) mass is 252 g/mol. The second kappa shape index (κ2) is 6.71. The van der Waals surface area contributed by atoms with E-state index in [9.17, 15) is 4.39 Å². The van der Waals surface area contributed by atoms with Gasteiger partial charge in [0, 0.05) is 39.0 Å². The van der Waals surface area contributed by atoms with E-state index in [2.05, 4.69) is 10.2 Å². The predicted octanol–water partition coefficient (Wildman–Crippen LogP) is 2.03. The van der Waals surface area contributed by atoms with Crippen molar-refractivity contribution in [3.05, 3.63) is 30.1 Å². The lowest BCUT2D eigenvalue weighted by Crippen LogP contribution is -2.33. The third-order valence-electron chi connectivity index (χ3n) is 3.29. The van der Waals surface area contributed by atoms with Crippen LogP contribution in [0.3, 0.4) is 0 Å². The second-order valence-corrected chi connectivity index (χ2v) is 4.74. The van der Waals surface area contributed by atoms with Crippen LogP contribution in [0.1, 0.15) is 12.8 Å². The highest BCUT2D eigenvalue weighted by molar-refractivity contribution is 5.45. The Hall–Kier alpha value is -1.13. The molecule has 0 radical (unpaired) electrons. The SMILES string of the molecule is CN(CCNCC1CCCO1)c1ccc(F)cc1. The molecule has 0 saturated carbocycles. The summed E-state index contributed by atoms with van der Waals surface area (Å²) in [4.78, 5) is 2.11. The summed E-state index contributed by atoms with van der Waals surface area (Å²) in [5.74, 6) is -0.191. The highest BCUT2D eigenvalue weighted by Gasteiger charge is 2.14. The highest BCUT2D eigenvalue weighted by Crippen LogP contribution is 2.12. The third kappa shape index (κ3) is 3.96. The predicted molar refractivity (Wildman–Crippen MR) is 71.5 cm³/mol. The van der Waals surface area contributed by atoms with Gasteiger partial charge in [0.05, 0.1) is 6.10 Å². The fourth-order valence-corrected chi connectivity index (χ4v) is 2.14. The maximum Gasteiger partial charge on any atom is 0.123 e. The first-order chi connectivity index (χ1) is 8.75. The Morgan fingerprint density at radius 3 is 2.83 bits per heavy atom. The standard InChI is InChI=1S/C14H21FN2O/c1-17(13-6-4-12(15)5-7-13)9-8-16-11-14-3-2-10-18-14/h4-7,14,16H,2-3,8-11H2,1H3. The molecular weight excluding hydrogens is 231 g/mol.